The van der Waals surface area contributed by atoms with Crippen LogP contribution in [0.2, 0.25) is 0 Å². The van der Waals surface area contributed by atoms with E-state index in [0.717, 1.165) is 4.90 Å². The second kappa shape index (κ2) is 12.0. The maximum absolute atomic E-state index is 11.4. The van der Waals surface area contributed by atoms with E-state index in [-0.39, 0.29) is 51.4 Å². The van der Waals surface area contributed by atoms with Crippen LogP contribution in [0.5, 0.6) is 0 Å². The minimum absolute atomic E-state index is 0. The third kappa shape index (κ3) is 9.32. The summed E-state index contributed by atoms with van der Waals surface area (Å²) in [4.78, 5) is 31.4. The van der Waals surface area contributed by atoms with Gasteiger partial charge in [-0.3, -0.25) is 9.69 Å². The van der Waals surface area contributed by atoms with Crippen molar-refractivity contribution < 1.29 is 85.8 Å². The Morgan fingerprint density at radius 3 is 2.05 bits per heavy atom. The molecule has 0 aromatic heterocycles. The first-order valence-electron chi connectivity index (χ1n) is 5.29. The largest absolute Gasteiger partial charge is 1.00 e. The van der Waals surface area contributed by atoms with Crippen LogP contribution in [0.3, 0.4) is 0 Å². The van der Waals surface area contributed by atoms with Crippen LogP contribution in [0.4, 0.5) is 15.3 Å². The van der Waals surface area contributed by atoms with Crippen LogP contribution in [0.15, 0.2) is 24.3 Å². The van der Waals surface area contributed by atoms with Gasteiger partial charge in [0.05, 0.1) is 18.7 Å². The minimum atomic E-state index is -2.08. The molecule has 0 aliphatic rings. The summed E-state index contributed by atoms with van der Waals surface area (Å²) in [6.07, 6.45) is -2.85. The average molecular weight is 334 g/mol. The first kappa shape index (κ1) is 22.6. The minimum Gasteiger partial charge on any atom is -0.565 e. The molecule has 0 bridgehead atoms. The quantitative estimate of drug-likeness (QED) is 0.559. The monoisotopic (exact) mass is 334 g/mol. The van der Waals surface area contributed by atoms with Crippen molar-refractivity contribution in [3.8, 4) is 6.07 Å². The number of hydrogen-bond donors (Lipinski definition) is 2. The van der Waals surface area contributed by atoms with E-state index in [1.165, 1.54) is 31.4 Å². The van der Waals surface area contributed by atoms with Gasteiger partial charge in [-0.05, 0) is 24.3 Å². The number of amides is 1. The zero-order valence-corrected chi connectivity index (χ0v) is 15.0. The van der Waals surface area contributed by atoms with Gasteiger partial charge in [0.2, 0.25) is 6.16 Å². The second-order valence-corrected chi connectivity index (χ2v) is 3.37. The van der Waals surface area contributed by atoms with Crippen LogP contribution in [0.1, 0.15) is 5.56 Å². The van der Waals surface area contributed by atoms with E-state index in [4.69, 9.17) is 25.4 Å². The predicted octanol–water partition coefficient (Wildman–Crippen LogP) is -2.89. The van der Waals surface area contributed by atoms with Crippen LogP contribution in [0, 0.1) is 11.3 Å². The molecule has 112 valence electrons. The summed E-state index contributed by atoms with van der Waals surface area (Å²) >= 11 is 0. The number of anilines is 1. The van der Waals surface area contributed by atoms with Crippen LogP contribution >= 0.6 is 0 Å². The van der Waals surface area contributed by atoms with E-state index in [1.54, 1.807) is 0 Å². The van der Waals surface area contributed by atoms with Gasteiger partial charge in [0.1, 0.15) is 6.54 Å². The Hall–Kier alpha value is -1.64. The second-order valence-electron chi connectivity index (χ2n) is 3.37. The molecule has 0 saturated heterocycles. The van der Waals surface area contributed by atoms with Gasteiger partial charge < -0.3 is 24.9 Å². The van der Waals surface area contributed by atoms with E-state index >= 15 is 0 Å². The number of benzene rings is 1. The van der Waals surface area contributed by atoms with Crippen molar-refractivity contribution in [2.75, 3.05) is 18.6 Å². The molecule has 1 aromatic rings. The molecule has 0 heterocycles. The molecule has 0 spiro atoms. The van der Waals surface area contributed by atoms with Gasteiger partial charge in [-0.25, -0.2) is 4.79 Å². The van der Waals surface area contributed by atoms with Gasteiger partial charge in [0, 0.05) is 5.69 Å². The molecule has 2 N–H and O–H groups in total. The maximum atomic E-state index is 11.4. The zero-order valence-electron chi connectivity index (χ0n) is 11.8. The SMILES string of the molecule is COC(=O)N(CC(=O)O)c1ccc(C#N)cc1.O=C([O-])O.[K+]. The third-order valence-corrected chi connectivity index (χ3v) is 2.00. The number of hydrogen-bond acceptors (Lipinski definition) is 6. The van der Waals surface area contributed by atoms with Crippen molar-refractivity contribution in [1.82, 2.24) is 0 Å². The van der Waals surface area contributed by atoms with E-state index in [0.29, 0.717) is 11.3 Å². The van der Waals surface area contributed by atoms with Crippen molar-refractivity contribution in [1.29, 1.82) is 5.26 Å². The molecule has 1 amide bonds. The van der Waals surface area contributed by atoms with E-state index in [2.05, 4.69) is 4.74 Å². The molecule has 9 nitrogen and oxygen atoms in total. The van der Waals surface area contributed by atoms with E-state index in [9.17, 15) is 9.59 Å². The Labute approximate surface area is 168 Å². The molecule has 0 radical (unpaired) electrons. The molecule has 0 fully saturated rings. The fourth-order valence-electron chi connectivity index (χ4n) is 1.22. The summed E-state index contributed by atoms with van der Waals surface area (Å²) in [7, 11) is 1.17. The Kier molecular flexibility index (Phi) is 12.3. The van der Waals surface area contributed by atoms with Crippen molar-refractivity contribution in [2.45, 2.75) is 0 Å². The summed E-state index contributed by atoms with van der Waals surface area (Å²) in [6, 6.07) is 7.88. The van der Waals surface area contributed by atoms with Gasteiger partial charge in [-0.15, -0.1) is 0 Å². The van der Waals surface area contributed by atoms with Crippen LogP contribution in [-0.4, -0.2) is 42.1 Å². The third-order valence-electron chi connectivity index (χ3n) is 2.00. The van der Waals surface area contributed by atoms with Gasteiger partial charge in [0.25, 0.3) is 0 Å². The number of aliphatic carboxylic acids is 1. The van der Waals surface area contributed by atoms with Crippen LogP contribution < -0.4 is 61.4 Å². The van der Waals surface area contributed by atoms with Gasteiger partial charge in [-0.1, -0.05) is 0 Å². The first-order valence-corrected chi connectivity index (χ1v) is 5.29. The van der Waals surface area contributed by atoms with Crippen molar-refractivity contribution in [2.24, 2.45) is 0 Å². The molecule has 1 rings (SSSR count). The Morgan fingerprint density at radius 2 is 1.73 bits per heavy atom. The van der Waals surface area contributed by atoms with Crippen molar-refractivity contribution >= 4 is 23.9 Å². The number of ether oxygens (including phenoxy) is 1. The Morgan fingerprint density at radius 1 is 1.27 bits per heavy atom. The molecule has 0 atom stereocenters. The van der Waals surface area contributed by atoms with Gasteiger partial charge >= 0.3 is 63.4 Å². The number of carbonyl (C=O) groups is 3. The number of carbonyl (C=O) groups excluding carboxylic acids is 1. The Bertz CT molecular complexity index is 550. The molecule has 1 aromatic carbocycles. The maximum Gasteiger partial charge on any atom is 1.00 e. The average Bonchev–Trinajstić information content (AvgIpc) is 2.43. The summed E-state index contributed by atoms with van der Waals surface area (Å²) in [6.45, 7) is -0.501. The number of nitrogens with zero attached hydrogens (tertiary/aromatic N) is 2. The topological polar surface area (TPSA) is 151 Å². The van der Waals surface area contributed by atoms with E-state index < -0.39 is 24.8 Å². The van der Waals surface area contributed by atoms with E-state index in [1.807, 2.05) is 6.07 Å². The summed E-state index contributed by atoms with van der Waals surface area (Å²) in [5.41, 5.74) is 0.784. The molecule has 10 heteroatoms. The molecule has 0 aliphatic carbocycles. The molecule has 0 unspecified atom stereocenters. The number of carboxylic acid groups (broad SMARTS) is 3. The van der Waals surface area contributed by atoms with Crippen molar-refractivity contribution in [3.05, 3.63) is 29.8 Å². The number of methoxy groups -OCH3 is 1. The molecular formula is C12H11KN2O7. The number of rotatable bonds is 3. The predicted molar refractivity (Wildman–Crippen MR) is 66.6 cm³/mol. The first-order chi connectivity index (χ1) is 9.81. The van der Waals surface area contributed by atoms with Gasteiger partial charge in [0.15, 0.2) is 0 Å². The number of nitriles is 1. The van der Waals surface area contributed by atoms with Crippen LogP contribution in [0.25, 0.3) is 0 Å². The zero-order chi connectivity index (χ0) is 16.4. The smallest absolute Gasteiger partial charge is 0.565 e. The fraction of sp³-hybridized carbons (Fsp3) is 0.167. The number of carboxylic acids is 1. The fourth-order valence-corrected chi connectivity index (χ4v) is 1.22. The molecule has 0 aliphatic heterocycles. The molecule has 0 saturated carbocycles. The Balaban J connectivity index is 0. The van der Waals surface area contributed by atoms with Gasteiger partial charge in [-0.2, -0.15) is 5.26 Å². The summed E-state index contributed by atoms with van der Waals surface area (Å²) in [5.74, 6) is -1.15. The molecular weight excluding hydrogens is 323 g/mol. The van der Waals surface area contributed by atoms with Crippen LogP contribution in [-0.2, 0) is 9.53 Å². The summed E-state index contributed by atoms with van der Waals surface area (Å²) < 4.78 is 4.48. The summed E-state index contributed by atoms with van der Waals surface area (Å²) in [5, 5.41) is 32.6. The standard InChI is InChI=1S/C11H10N2O4.CH2O3.K/c1-17-11(16)13(7-10(14)15)9-4-2-8(6-12)3-5-9;2-1(3)4;/h2-5H,7H2,1H3,(H,14,15);(H2,2,3,4);/q;;+1/p-1. The molecule has 22 heavy (non-hydrogen) atoms. The normalized spacial score (nSPS) is 8.18. The van der Waals surface area contributed by atoms with Crippen molar-refractivity contribution in [3.63, 3.8) is 0 Å².